The lowest BCUT2D eigenvalue weighted by molar-refractivity contribution is 0.475. The molecule has 0 atom stereocenters. The fourth-order valence-electron chi connectivity index (χ4n) is 2.36. The second-order valence-corrected chi connectivity index (χ2v) is 4.91. The number of aromatic nitrogens is 4. The summed E-state index contributed by atoms with van der Waals surface area (Å²) in [6, 6.07) is 16.7. The molecule has 2 aromatic carbocycles. The molecule has 22 heavy (non-hydrogen) atoms. The number of hydrogen-bond donors (Lipinski definition) is 1. The highest BCUT2D eigenvalue weighted by atomic mass is 16.3. The van der Waals surface area contributed by atoms with Gasteiger partial charge in [-0.2, -0.15) is 5.10 Å². The van der Waals surface area contributed by atoms with Crippen LogP contribution in [0.2, 0.25) is 0 Å². The molecule has 0 aliphatic carbocycles. The van der Waals surface area contributed by atoms with Gasteiger partial charge in [0.15, 0.2) is 11.5 Å². The maximum Gasteiger partial charge on any atom is 0.166 e. The van der Waals surface area contributed by atoms with Crippen LogP contribution in [-0.4, -0.2) is 24.9 Å². The number of nitrogens with zero attached hydrogens (tertiary/aromatic N) is 4. The van der Waals surface area contributed by atoms with E-state index in [9.17, 15) is 5.11 Å². The summed E-state index contributed by atoms with van der Waals surface area (Å²) in [6.07, 6.45) is 3.49. The van der Waals surface area contributed by atoms with Gasteiger partial charge in [0.05, 0.1) is 17.3 Å². The summed E-state index contributed by atoms with van der Waals surface area (Å²) in [5.74, 6) is 0.749. The van der Waals surface area contributed by atoms with E-state index in [0.29, 0.717) is 5.82 Å². The number of aromatic hydroxyl groups is 1. The van der Waals surface area contributed by atoms with Gasteiger partial charge in [-0.05, 0) is 24.3 Å². The van der Waals surface area contributed by atoms with Crippen LogP contribution in [0.3, 0.4) is 0 Å². The molecule has 0 saturated carbocycles. The largest absolute Gasteiger partial charge is 0.508 e. The Morgan fingerprint density at radius 3 is 2.59 bits per heavy atom. The molecule has 0 fully saturated rings. The molecule has 0 aliphatic rings. The minimum Gasteiger partial charge on any atom is -0.508 e. The van der Waals surface area contributed by atoms with Crippen molar-refractivity contribution < 1.29 is 5.11 Å². The molecule has 5 nitrogen and oxygen atoms in total. The van der Waals surface area contributed by atoms with E-state index in [4.69, 9.17) is 0 Å². The summed E-state index contributed by atoms with van der Waals surface area (Å²) in [4.78, 5) is 8.95. The molecule has 4 rings (SSSR count). The van der Waals surface area contributed by atoms with Crippen LogP contribution in [0.1, 0.15) is 0 Å². The maximum absolute atomic E-state index is 9.61. The molecule has 0 bridgehead atoms. The van der Waals surface area contributed by atoms with E-state index >= 15 is 0 Å². The molecule has 0 amide bonds. The number of benzene rings is 2. The van der Waals surface area contributed by atoms with Gasteiger partial charge in [0.2, 0.25) is 0 Å². The molecule has 5 heteroatoms. The molecular weight excluding hydrogens is 276 g/mol. The number of phenolic OH excluding ortho intramolecular Hbond substituents is 1. The van der Waals surface area contributed by atoms with E-state index in [-0.39, 0.29) is 5.75 Å². The quantitative estimate of drug-likeness (QED) is 0.615. The Bertz CT molecular complexity index is 947. The summed E-state index contributed by atoms with van der Waals surface area (Å²) in [5, 5.41) is 14.9. The van der Waals surface area contributed by atoms with E-state index in [2.05, 4.69) is 15.1 Å². The van der Waals surface area contributed by atoms with Crippen LogP contribution >= 0.6 is 0 Å². The Kier molecular flexibility index (Phi) is 2.83. The Morgan fingerprint density at radius 2 is 1.77 bits per heavy atom. The molecule has 0 unspecified atom stereocenters. The number of para-hydroxylation sites is 1. The standard InChI is InChI=1S/C17H12N4O/c22-15-8-4-5-12(9-15)16-18-10-13-11-19-21(17(13)20-16)14-6-2-1-3-7-14/h1-11,22H. The van der Waals surface area contributed by atoms with Gasteiger partial charge in [0.25, 0.3) is 0 Å². The van der Waals surface area contributed by atoms with Crippen LogP contribution in [0.5, 0.6) is 5.75 Å². The SMILES string of the molecule is Oc1cccc(-c2ncc3cnn(-c4ccccc4)c3n2)c1. The van der Waals surface area contributed by atoms with Gasteiger partial charge in [-0.3, -0.25) is 0 Å². The first kappa shape index (κ1) is 12.5. The minimum atomic E-state index is 0.192. The van der Waals surface area contributed by atoms with E-state index < -0.39 is 0 Å². The summed E-state index contributed by atoms with van der Waals surface area (Å²) in [7, 11) is 0. The van der Waals surface area contributed by atoms with E-state index in [0.717, 1.165) is 22.3 Å². The second-order valence-electron chi connectivity index (χ2n) is 4.91. The fraction of sp³-hybridized carbons (Fsp3) is 0. The first-order chi connectivity index (χ1) is 10.8. The minimum absolute atomic E-state index is 0.192. The van der Waals surface area contributed by atoms with Gasteiger partial charge < -0.3 is 5.11 Å². The van der Waals surface area contributed by atoms with Crippen LogP contribution in [-0.2, 0) is 0 Å². The van der Waals surface area contributed by atoms with Crippen molar-refractivity contribution in [3.05, 3.63) is 67.0 Å². The fourth-order valence-corrected chi connectivity index (χ4v) is 2.36. The molecular formula is C17H12N4O. The van der Waals surface area contributed by atoms with Crippen molar-refractivity contribution in [3.8, 4) is 22.8 Å². The highest BCUT2D eigenvalue weighted by Gasteiger charge is 2.09. The first-order valence-corrected chi connectivity index (χ1v) is 6.87. The topological polar surface area (TPSA) is 63.8 Å². The lowest BCUT2D eigenvalue weighted by atomic mass is 10.2. The monoisotopic (exact) mass is 288 g/mol. The third-order valence-electron chi connectivity index (χ3n) is 3.41. The van der Waals surface area contributed by atoms with Gasteiger partial charge in [-0.1, -0.05) is 30.3 Å². The van der Waals surface area contributed by atoms with Crippen molar-refractivity contribution in [3.63, 3.8) is 0 Å². The van der Waals surface area contributed by atoms with Crippen molar-refractivity contribution in [2.45, 2.75) is 0 Å². The highest BCUT2D eigenvalue weighted by molar-refractivity contribution is 5.77. The zero-order chi connectivity index (χ0) is 14.9. The van der Waals surface area contributed by atoms with Crippen molar-refractivity contribution in [2.75, 3.05) is 0 Å². The zero-order valence-corrected chi connectivity index (χ0v) is 11.6. The predicted octanol–water partition coefficient (Wildman–Crippen LogP) is 3.19. The molecule has 2 aromatic heterocycles. The van der Waals surface area contributed by atoms with Crippen LogP contribution < -0.4 is 0 Å². The van der Waals surface area contributed by atoms with Crippen molar-refractivity contribution >= 4 is 11.0 Å². The second kappa shape index (κ2) is 4.96. The van der Waals surface area contributed by atoms with E-state index in [1.165, 1.54) is 0 Å². The third kappa shape index (κ3) is 2.09. The molecule has 0 aliphatic heterocycles. The van der Waals surface area contributed by atoms with E-state index in [1.54, 1.807) is 35.3 Å². The van der Waals surface area contributed by atoms with Crippen LogP contribution in [0.15, 0.2) is 67.0 Å². The van der Waals surface area contributed by atoms with E-state index in [1.807, 2.05) is 36.4 Å². The molecule has 0 radical (unpaired) electrons. The smallest absolute Gasteiger partial charge is 0.166 e. The maximum atomic E-state index is 9.61. The summed E-state index contributed by atoms with van der Waals surface area (Å²) in [5.41, 5.74) is 2.44. The van der Waals surface area contributed by atoms with Crippen molar-refractivity contribution in [2.24, 2.45) is 0 Å². The number of fused-ring (bicyclic) bond motifs is 1. The molecule has 0 saturated heterocycles. The van der Waals surface area contributed by atoms with Crippen LogP contribution in [0, 0.1) is 0 Å². The van der Waals surface area contributed by atoms with Crippen molar-refractivity contribution in [1.82, 2.24) is 19.7 Å². The lowest BCUT2D eigenvalue weighted by Gasteiger charge is -2.04. The predicted molar refractivity (Wildman–Crippen MR) is 83.8 cm³/mol. The summed E-state index contributed by atoms with van der Waals surface area (Å²) in [6.45, 7) is 0. The number of phenols is 1. The molecule has 1 N–H and O–H groups in total. The van der Waals surface area contributed by atoms with Crippen molar-refractivity contribution in [1.29, 1.82) is 0 Å². The Morgan fingerprint density at radius 1 is 0.909 bits per heavy atom. The van der Waals surface area contributed by atoms with Gasteiger partial charge in [-0.25, -0.2) is 14.6 Å². The van der Waals surface area contributed by atoms with Gasteiger partial charge >= 0.3 is 0 Å². The zero-order valence-electron chi connectivity index (χ0n) is 11.6. The summed E-state index contributed by atoms with van der Waals surface area (Å²) < 4.78 is 1.78. The third-order valence-corrected chi connectivity index (χ3v) is 3.41. The van der Waals surface area contributed by atoms with Gasteiger partial charge in [0, 0.05) is 11.8 Å². The Labute approximate surface area is 126 Å². The normalized spacial score (nSPS) is 10.9. The molecule has 106 valence electrons. The molecule has 4 aromatic rings. The molecule has 2 heterocycles. The number of hydrogen-bond acceptors (Lipinski definition) is 4. The van der Waals surface area contributed by atoms with Crippen LogP contribution in [0.25, 0.3) is 28.1 Å². The van der Waals surface area contributed by atoms with Gasteiger partial charge in [0.1, 0.15) is 5.75 Å². The highest BCUT2D eigenvalue weighted by Crippen LogP contribution is 2.22. The van der Waals surface area contributed by atoms with Crippen LogP contribution in [0.4, 0.5) is 0 Å². The number of rotatable bonds is 2. The van der Waals surface area contributed by atoms with Gasteiger partial charge in [-0.15, -0.1) is 0 Å². The average molecular weight is 288 g/mol. The molecule has 0 spiro atoms. The lowest BCUT2D eigenvalue weighted by Crippen LogP contribution is -1.98. The average Bonchev–Trinajstić information content (AvgIpc) is 2.99. The Hall–Kier alpha value is -3.21. The Balaban J connectivity index is 1.90. The summed E-state index contributed by atoms with van der Waals surface area (Å²) >= 11 is 0. The first-order valence-electron chi connectivity index (χ1n) is 6.87.